The molecule has 5 heterocycles. The van der Waals surface area contributed by atoms with Gasteiger partial charge in [0.15, 0.2) is 12.1 Å². The summed E-state index contributed by atoms with van der Waals surface area (Å²) in [4.78, 5) is 54.7. The lowest BCUT2D eigenvalue weighted by Crippen LogP contribution is -2.56. The minimum Gasteiger partial charge on any atom is -0.494 e. The monoisotopic (exact) mass is 717 g/mol. The topological polar surface area (TPSA) is 144 Å². The number of methoxy groups -OCH3 is 1. The van der Waals surface area contributed by atoms with Gasteiger partial charge in [-0.2, -0.15) is 0 Å². The molecule has 53 heavy (non-hydrogen) atoms. The van der Waals surface area contributed by atoms with Crippen LogP contribution in [0.1, 0.15) is 72.5 Å². The van der Waals surface area contributed by atoms with Crippen LogP contribution in [0, 0.1) is 11.8 Å². The molecule has 4 aliphatic rings. The number of alkyl carbamates (subject to hydrolysis) is 1. The lowest BCUT2D eigenvalue weighted by atomic mass is 10.0. The summed E-state index contributed by atoms with van der Waals surface area (Å²) in [5.74, 6) is 1.09. The van der Waals surface area contributed by atoms with Crippen LogP contribution in [0.3, 0.4) is 0 Å². The maximum Gasteiger partial charge on any atom is 0.407 e. The van der Waals surface area contributed by atoms with E-state index in [1.165, 1.54) is 17.7 Å². The number of nitrogens with zero attached hydrogens (tertiary/aromatic N) is 6. The highest BCUT2D eigenvalue weighted by molar-refractivity contribution is 6.01. The number of aryl methyl sites for hydroxylation is 1. The molecule has 2 aromatic carbocycles. The molecule has 5 atom stereocenters. The fraction of sp³-hybridized carbons (Fsp3) is 0.425. The molecule has 3 aromatic heterocycles. The molecule has 5 aromatic rings. The maximum absolute atomic E-state index is 14.7. The van der Waals surface area contributed by atoms with Gasteiger partial charge < -0.3 is 38.8 Å². The van der Waals surface area contributed by atoms with E-state index in [1.807, 2.05) is 23.9 Å². The predicted octanol–water partition coefficient (Wildman–Crippen LogP) is 5.26. The predicted molar refractivity (Wildman–Crippen MR) is 196 cm³/mol. The van der Waals surface area contributed by atoms with E-state index in [9.17, 15) is 19.5 Å². The molecule has 13 nitrogen and oxygen atoms in total. The molecule has 9 rings (SSSR count). The second kappa shape index (κ2) is 12.1. The number of hydrogen-bond acceptors (Lipinski definition) is 8. The van der Waals surface area contributed by atoms with Crippen LogP contribution < -0.4 is 10.1 Å². The Kier molecular flexibility index (Phi) is 7.60. The third-order valence-electron chi connectivity index (χ3n) is 11.3. The van der Waals surface area contributed by atoms with E-state index in [4.69, 9.17) is 19.4 Å². The number of piperidine rings is 1. The van der Waals surface area contributed by atoms with Crippen molar-refractivity contribution in [1.29, 1.82) is 0 Å². The van der Waals surface area contributed by atoms with Crippen LogP contribution in [0.2, 0.25) is 0 Å². The summed E-state index contributed by atoms with van der Waals surface area (Å²) in [6.45, 7) is 6.59. The summed E-state index contributed by atoms with van der Waals surface area (Å²) in [5.41, 5.74) is 3.84. The van der Waals surface area contributed by atoms with Gasteiger partial charge in [0, 0.05) is 54.3 Å². The SMILES string of the molecule is COc1cc(C(=O)N2C[C@H]3C[C@H](N4C(=O)c5ccccc5C4O)[C@@H]2[C@@H]3NC(=O)OC(C)(C)C)cc2nc(-c3cc4cccnc4n3CC3CC3)n(C)c12. The lowest BCUT2D eigenvalue weighted by Gasteiger charge is -2.40. The Morgan fingerprint density at radius 2 is 1.87 bits per heavy atom. The van der Waals surface area contributed by atoms with Crippen LogP contribution in [-0.2, 0) is 18.3 Å². The Hall–Kier alpha value is -5.43. The van der Waals surface area contributed by atoms with Crippen LogP contribution in [0.25, 0.3) is 33.6 Å². The maximum atomic E-state index is 14.7. The molecule has 0 spiro atoms. The minimum absolute atomic E-state index is 0.181. The van der Waals surface area contributed by atoms with E-state index in [-0.39, 0.29) is 17.7 Å². The normalized spacial score (nSPS) is 23.7. The first-order chi connectivity index (χ1) is 25.4. The Labute approximate surface area is 306 Å². The van der Waals surface area contributed by atoms with Crippen molar-refractivity contribution < 1.29 is 29.0 Å². The van der Waals surface area contributed by atoms with Crippen LogP contribution in [0.5, 0.6) is 5.75 Å². The van der Waals surface area contributed by atoms with Gasteiger partial charge in [0.05, 0.1) is 36.4 Å². The molecule has 13 heteroatoms. The van der Waals surface area contributed by atoms with Gasteiger partial charge in [0.25, 0.3) is 11.8 Å². The van der Waals surface area contributed by atoms with Gasteiger partial charge >= 0.3 is 6.09 Å². The number of imidazole rings is 1. The lowest BCUT2D eigenvalue weighted by molar-refractivity contribution is -0.0232. The largest absolute Gasteiger partial charge is 0.494 e. The van der Waals surface area contributed by atoms with Crippen molar-refractivity contribution in [3.05, 3.63) is 77.5 Å². The molecule has 1 saturated heterocycles. The summed E-state index contributed by atoms with van der Waals surface area (Å²) in [6.07, 6.45) is 2.94. The highest BCUT2D eigenvalue weighted by Gasteiger charge is 2.59. The zero-order valence-corrected chi connectivity index (χ0v) is 30.4. The second-order valence-corrected chi connectivity index (χ2v) is 15.9. The number of aromatic nitrogens is 4. The number of aliphatic hydroxyl groups is 1. The average molecular weight is 718 g/mol. The molecular formula is C40H43N7O6. The van der Waals surface area contributed by atoms with E-state index in [1.54, 1.807) is 69.2 Å². The summed E-state index contributed by atoms with van der Waals surface area (Å²) >= 11 is 0. The molecule has 2 aliphatic heterocycles. The first-order valence-electron chi connectivity index (χ1n) is 18.3. The molecule has 3 amide bonds. The van der Waals surface area contributed by atoms with Gasteiger partial charge in [-0.15, -0.1) is 0 Å². The van der Waals surface area contributed by atoms with Crippen molar-refractivity contribution in [3.63, 3.8) is 0 Å². The Bertz CT molecular complexity index is 2320. The second-order valence-electron chi connectivity index (χ2n) is 15.9. The van der Waals surface area contributed by atoms with Gasteiger partial charge in [-0.05, 0) is 82.3 Å². The number of benzene rings is 2. The third kappa shape index (κ3) is 5.43. The van der Waals surface area contributed by atoms with Gasteiger partial charge in [0.1, 0.15) is 22.5 Å². The van der Waals surface area contributed by atoms with Crippen LogP contribution in [0.4, 0.5) is 4.79 Å². The van der Waals surface area contributed by atoms with Crippen LogP contribution in [-0.4, -0.2) is 89.3 Å². The first kappa shape index (κ1) is 33.4. The number of ether oxygens (including phenoxy) is 2. The van der Waals surface area contributed by atoms with E-state index in [0.29, 0.717) is 46.8 Å². The summed E-state index contributed by atoms with van der Waals surface area (Å²) in [7, 11) is 3.53. The third-order valence-corrected chi connectivity index (χ3v) is 11.3. The smallest absolute Gasteiger partial charge is 0.407 e. The Morgan fingerprint density at radius 1 is 1.08 bits per heavy atom. The molecule has 2 bridgehead atoms. The van der Waals surface area contributed by atoms with Gasteiger partial charge in [0.2, 0.25) is 0 Å². The molecular weight excluding hydrogens is 674 g/mol. The standard InChI is InChI=1S/C40H43N7O6/c1-40(2,3)53-39(51)43-31-24-17-28(47-37(49)25-10-6-7-11-26(25)38(47)50)33(31)46(20-24)36(48)23-15-27-32(30(18-23)52-5)44(4)35(42-27)29-16-22-9-8-14-41-34(22)45(29)19-21-12-13-21/h6-11,14-16,18,21,24,28,31,33,37,49H,12-13,17,19-20H2,1-5H3,(H,43,51)/t24-,28+,31-,33-,37?/m1/s1. The van der Waals surface area contributed by atoms with Crippen LogP contribution in [0.15, 0.2) is 60.8 Å². The number of fused-ring (bicyclic) bond motifs is 5. The fourth-order valence-electron chi connectivity index (χ4n) is 8.87. The number of carbonyl (C=O) groups is 3. The highest BCUT2D eigenvalue weighted by atomic mass is 16.6. The van der Waals surface area contributed by atoms with E-state index >= 15 is 0 Å². The van der Waals surface area contributed by atoms with E-state index in [2.05, 4.69) is 22.0 Å². The number of hydrogen-bond donors (Lipinski definition) is 2. The Morgan fingerprint density at radius 3 is 2.60 bits per heavy atom. The van der Waals surface area contributed by atoms with Gasteiger partial charge in [-0.3, -0.25) is 9.59 Å². The summed E-state index contributed by atoms with van der Waals surface area (Å²) in [5, 5.41) is 15.5. The Balaban J connectivity index is 1.09. The molecule has 0 radical (unpaired) electrons. The van der Waals surface area contributed by atoms with Crippen molar-refractivity contribution in [3.8, 4) is 17.3 Å². The quantitative estimate of drug-likeness (QED) is 0.232. The van der Waals surface area contributed by atoms with E-state index < -0.39 is 36.0 Å². The minimum atomic E-state index is -1.17. The first-order valence-corrected chi connectivity index (χ1v) is 18.3. The zero-order chi connectivity index (χ0) is 36.9. The van der Waals surface area contributed by atoms with Gasteiger partial charge in [-0.1, -0.05) is 18.2 Å². The van der Waals surface area contributed by atoms with Crippen molar-refractivity contribution in [2.45, 2.75) is 76.5 Å². The molecule has 2 aliphatic carbocycles. The molecule has 1 unspecified atom stereocenters. The fourth-order valence-corrected chi connectivity index (χ4v) is 8.87. The highest BCUT2D eigenvalue weighted by Crippen LogP contribution is 2.47. The molecule has 2 N–H and O–H groups in total. The van der Waals surface area contributed by atoms with Crippen molar-refractivity contribution in [1.82, 2.24) is 34.2 Å². The molecule has 2 saturated carbocycles. The van der Waals surface area contributed by atoms with Crippen molar-refractivity contribution in [2.24, 2.45) is 18.9 Å². The number of rotatable bonds is 7. The summed E-state index contributed by atoms with van der Waals surface area (Å²) in [6, 6.07) is 15.0. The molecule has 3 fully saturated rings. The van der Waals surface area contributed by atoms with E-state index in [0.717, 1.165) is 34.6 Å². The number of likely N-dealkylation sites (tertiary alicyclic amines) is 1. The zero-order valence-electron chi connectivity index (χ0n) is 30.4. The van der Waals surface area contributed by atoms with Crippen molar-refractivity contribution >= 4 is 40.0 Å². The van der Waals surface area contributed by atoms with Crippen molar-refractivity contribution in [2.75, 3.05) is 13.7 Å². The number of aliphatic hydroxyl groups excluding tert-OH is 1. The summed E-state index contributed by atoms with van der Waals surface area (Å²) < 4.78 is 15.8. The van der Waals surface area contributed by atoms with Gasteiger partial charge in [-0.25, -0.2) is 14.8 Å². The molecule has 274 valence electrons. The number of nitrogens with one attached hydrogen (secondary N) is 1. The number of pyridine rings is 1. The average Bonchev–Trinajstić information content (AvgIpc) is 3.35. The number of carbonyl (C=O) groups excluding carboxylic acids is 3. The van der Waals surface area contributed by atoms with Crippen LogP contribution >= 0.6 is 0 Å². The number of amides is 3.